The highest BCUT2D eigenvalue weighted by atomic mass is 35.5. The lowest BCUT2D eigenvalue weighted by Crippen LogP contribution is -2.07. The number of aromatic nitrogens is 3. The fourth-order valence-electron chi connectivity index (χ4n) is 1.32. The number of hydrogen-bond donors (Lipinski definition) is 1. The van der Waals surface area contributed by atoms with E-state index in [-0.39, 0.29) is 0 Å². The molecule has 2 aromatic heterocycles. The molecule has 0 amide bonds. The van der Waals surface area contributed by atoms with Crippen molar-refractivity contribution in [2.75, 3.05) is 5.73 Å². The van der Waals surface area contributed by atoms with Gasteiger partial charge >= 0.3 is 0 Å². The van der Waals surface area contributed by atoms with Gasteiger partial charge in [0, 0.05) is 12.4 Å². The minimum absolute atomic E-state index is 0.483. The van der Waals surface area contributed by atoms with Crippen molar-refractivity contribution in [2.45, 2.75) is 13.5 Å². The van der Waals surface area contributed by atoms with Crippen LogP contribution in [0.1, 0.15) is 11.1 Å². The number of anilines is 1. The number of pyridine rings is 1. The van der Waals surface area contributed by atoms with Crippen LogP contribution in [0.3, 0.4) is 0 Å². The number of hydrogen-bond acceptors (Lipinski definition) is 3. The Kier molecular flexibility index (Phi) is 2.60. The Hall–Kier alpha value is -1.55. The minimum Gasteiger partial charge on any atom is -0.383 e. The number of halogens is 1. The standard InChI is InChI=1S/C10H11ClN4/c1-7-2-3-13-4-8(7)6-15-10(12)9(11)5-14-15/h2-5H,6,12H2,1H3. The average molecular weight is 223 g/mol. The molecule has 0 unspecified atom stereocenters. The number of nitrogens with two attached hydrogens (primary N) is 1. The molecule has 0 atom stereocenters. The van der Waals surface area contributed by atoms with Crippen LogP contribution in [-0.4, -0.2) is 14.8 Å². The van der Waals surface area contributed by atoms with Crippen molar-refractivity contribution in [1.29, 1.82) is 0 Å². The van der Waals surface area contributed by atoms with E-state index in [2.05, 4.69) is 10.1 Å². The monoisotopic (exact) mass is 222 g/mol. The maximum atomic E-state index is 5.81. The van der Waals surface area contributed by atoms with Gasteiger partial charge in [0.05, 0.1) is 12.7 Å². The van der Waals surface area contributed by atoms with Gasteiger partial charge in [-0.25, -0.2) is 4.68 Å². The van der Waals surface area contributed by atoms with Gasteiger partial charge in [-0.3, -0.25) is 4.98 Å². The van der Waals surface area contributed by atoms with Gasteiger partial charge in [0.1, 0.15) is 10.8 Å². The first-order valence-electron chi connectivity index (χ1n) is 4.55. The topological polar surface area (TPSA) is 56.7 Å². The fraction of sp³-hybridized carbons (Fsp3) is 0.200. The second-order valence-electron chi connectivity index (χ2n) is 3.34. The highest BCUT2D eigenvalue weighted by Gasteiger charge is 2.06. The third-order valence-corrected chi connectivity index (χ3v) is 2.59. The van der Waals surface area contributed by atoms with Crippen LogP contribution in [0.2, 0.25) is 5.02 Å². The summed E-state index contributed by atoms with van der Waals surface area (Å²) < 4.78 is 1.66. The van der Waals surface area contributed by atoms with E-state index in [1.54, 1.807) is 17.1 Å². The predicted molar refractivity (Wildman–Crippen MR) is 59.7 cm³/mol. The molecule has 0 aliphatic heterocycles. The molecule has 0 aliphatic carbocycles. The lowest BCUT2D eigenvalue weighted by molar-refractivity contribution is 0.692. The van der Waals surface area contributed by atoms with Gasteiger partial charge in [-0.15, -0.1) is 0 Å². The fourth-order valence-corrected chi connectivity index (χ4v) is 1.46. The Morgan fingerprint density at radius 1 is 1.47 bits per heavy atom. The molecule has 0 radical (unpaired) electrons. The van der Waals surface area contributed by atoms with Crippen molar-refractivity contribution in [3.05, 3.63) is 40.8 Å². The van der Waals surface area contributed by atoms with Crippen molar-refractivity contribution >= 4 is 17.4 Å². The molecule has 2 heterocycles. The third kappa shape index (κ3) is 1.94. The normalized spacial score (nSPS) is 10.5. The van der Waals surface area contributed by atoms with E-state index in [4.69, 9.17) is 17.3 Å². The predicted octanol–water partition coefficient (Wildman–Crippen LogP) is 1.87. The molecule has 0 bridgehead atoms. The smallest absolute Gasteiger partial charge is 0.140 e. The zero-order valence-electron chi connectivity index (χ0n) is 8.31. The van der Waals surface area contributed by atoms with Crippen LogP contribution in [-0.2, 0) is 6.54 Å². The number of nitrogen functional groups attached to an aromatic ring is 1. The van der Waals surface area contributed by atoms with Crippen LogP contribution in [0.25, 0.3) is 0 Å². The lowest BCUT2D eigenvalue weighted by Gasteiger charge is -2.06. The molecule has 5 heteroatoms. The molecule has 0 saturated carbocycles. The van der Waals surface area contributed by atoms with Gasteiger partial charge in [-0.05, 0) is 24.1 Å². The van der Waals surface area contributed by atoms with E-state index in [1.807, 2.05) is 19.2 Å². The van der Waals surface area contributed by atoms with Crippen LogP contribution in [0.4, 0.5) is 5.82 Å². The highest BCUT2D eigenvalue weighted by Crippen LogP contribution is 2.18. The van der Waals surface area contributed by atoms with E-state index < -0.39 is 0 Å². The maximum Gasteiger partial charge on any atom is 0.140 e. The SMILES string of the molecule is Cc1ccncc1Cn1ncc(Cl)c1N. The average Bonchev–Trinajstić information content (AvgIpc) is 2.53. The van der Waals surface area contributed by atoms with Crippen LogP contribution in [0.5, 0.6) is 0 Å². The first-order chi connectivity index (χ1) is 7.18. The van der Waals surface area contributed by atoms with Crippen LogP contribution >= 0.6 is 11.6 Å². The van der Waals surface area contributed by atoms with Crippen molar-refractivity contribution in [1.82, 2.24) is 14.8 Å². The Morgan fingerprint density at radius 3 is 2.87 bits per heavy atom. The molecule has 2 aromatic rings. The summed E-state index contributed by atoms with van der Waals surface area (Å²) in [7, 11) is 0. The highest BCUT2D eigenvalue weighted by molar-refractivity contribution is 6.32. The first-order valence-corrected chi connectivity index (χ1v) is 4.92. The molecule has 0 fully saturated rings. The molecule has 15 heavy (non-hydrogen) atoms. The first kappa shape index (κ1) is 9.98. The molecule has 2 N–H and O–H groups in total. The summed E-state index contributed by atoms with van der Waals surface area (Å²) in [6, 6.07) is 1.95. The molecular formula is C10H11ClN4. The van der Waals surface area contributed by atoms with Crippen LogP contribution in [0, 0.1) is 6.92 Å². The van der Waals surface area contributed by atoms with Crippen molar-refractivity contribution in [2.24, 2.45) is 0 Å². The molecule has 4 nitrogen and oxygen atoms in total. The molecule has 0 spiro atoms. The van der Waals surface area contributed by atoms with Crippen molar-refractivity contribution < 1.29 is 0 Å². The third-order valence-electron chi connectivity index (χ3n) is 2.30. The summed E-state index contributed by atoms with van der Waals surface area (Å²) in [5.74, 6) is 0.486. The van der Waals surface area contributed by atoms with Crippen molar-refractivity contribution in [3.8, 4) is 0 Å². The summed E-state index contributed by atoms with van der Waals surface area (Å²) in [4.78, 5) is 4.06. The molecule has 2 rings (SSSR count). The summed E-state index contributed by atoms with van der Waals surface area (Å²) in [5, 5.41) is 4.57. The maximum absolute atomic E-state index is 5.81. The van der Waals surface area contributed by atoms with Gasteiger partial charge in [0.25, 0.3) is 0 Å². The molecule has 0 saturated heterocycles. The Bertz CT molecular complexity index is 478. The van der Waals surface area contributed by atoms with Gasteiger partial charge in [-0.1, -0.05) is 11.6 Å². The van der Waals surface area contributed by atoms with Crippen molar-refractivity contribution in [3.63, 3.8) is 0 Å². The minimum atomic E-state index is 0.483. The Balaban J connectivity index is 2.30. The largest absolute Gasteiger partial charge is 0.383 e. The van der Waals surface area contributed by atoms with E-state index >= 15 is 0 Å². The van der Waals surface area contributed by atoms with Crippen LogP contribution < -0.4 is 5.73 Å². The van der Waals surface area contributed by atoms with Gasteiger partial charge in [0.15, 0.2) is 0 Å². The van der Waals surface area contributed by atoms with Gasteiger partial charge in [-0.2, -0.15) is 5.10 Å². The zero-order valence-corrected chi connectivity index (χ0v) is 9.07. The second-order valence-corrected chi connectivity index (χ2v) is 3.74. The Morgan fingerprint density at radius 2 is 2.27 bits per heavy atom. The molecule has 0 aromatic carbocycles. The quantitative estimate of drug-likeness (QED) is 0.844. The van der Waals surface area contributed by atoms with Gasteiger partial charge < -0.3 is 5.73 Å². The number of aryl methyl sites for hydroxylation is 1. The summed E-state index contributed by atoms with van der Waals surface area (Å²) in [6.45, 7) is 2.62. The van der Waals surface area contributed by atoms with Gasteiger partial charge in [0.2, 0.25) is 0 Å². The summed E-state index contributed by atoms with van der Waals surface area (Å²) in [5.41, 5.74) is 8.00. The lowest BCUT2D eigenvalue weighted by atomic mass is 10.2. The number of nitrogens with zero attached hydrogens (tertiary/aromatic N) is 3. The Labute approximate surface area is 92.7 Å². The van der Waals surface area contributed by atoms with Crippen LogP contribution in [0.15, 0.2) is 24.7 Å². The summed E-state index contributed by atoms with van der Waals surface area (Å²) in [6.07, 6.45) is 5.12. The number of rotatable bonds is 2. The summed E-state index contributed by atoms with van der Waals surface area (Å²) >= 11 is 5.81. The second kappa shape index (κ2) is 3.90. The van der Waals surface area contributed by atoms with E-state index in [0.29, 0.717) is 17.4 Å². The van der Waals surface area contributed by atoms with E-state index in [0.717, 1.165) is 11.1 Å². The zero-order chi connectivity index (χ0) is 10.8. The molecular weight excluding hydrogens is 212 g/mol. The molecule has 78 valence electrons. The van der Waals surface area contributed by atoms with E-state index in [9.17, 15) is 0 Å². The van der Waals surface area contributed by atoms with E-state index in [1.165, 1.54) is 0 Å². The molecule has 0 aliphatic rings.